The Balaban J connectivity index is 0.000000218. The second kappa shape index (κ2) is 12.6. The maximum absolute atomic E-state index is 6.39. The van der Waals surface area contributed by atoms with Gasteiger partial charge in [-0.3, -0.25) is 0 Å². The molecule has 6 aromatic rings. The monoisotopic (exact) mass is 731 g/mol. The molecule has 0 unspecified atom stereocenters. The van der Waals surface area contributed by atoms with Gasteiger partial charge in [-0.25, -0.2) is 0 Å². The maximum atomic E-state index is 6.39. The van der Waals surface area contributed by atoms with Crippen LogP contribution in [-0.2, 0) is 20.1 Å². The standard InChI is InChI=1S/C25H26NOSi.C11H8N.Ir/c1-28(2,3)23-13-12-19(25-24(23)20-10-6-7-11-22(20)27-25)21-16-18(14-15-26-21)17-8-4-5-9-17;1-2-6-10(7-3-1)11-8-4-5-9-12-11;/h6-7,10-11,13-17H,4-5,8-9H2,1-3H3;1-6,8-9H;/q2*-1;. The van der Waals surface area contributed by atoms with E-state index in [0.29, 0.717) is 5.92 Å². The van der Waals surface area contributed by atoms with Crippen LogP contribution in [0, 0.1) is 12.1 Å². The van der Waals surface area contributed by atoms with Gasteiger partial charge in [-0.2, -0.15) is 0 Å². The Kier molecular flexibility index (Phi) is 8.99. The summed E-state index contributed by atoms with van der Waals surface area (Å²) in [5.74, 6) is 0.675. The number of fused-ring (bicyclic) bond motifs is 3. The first-order valence-corrected chi connectivity index (χ1v) is 17.7. The van der Waals surface area contributed by atoms with Crippen molar-refractivity contribution in [3.05, 3.63) is 115 Å². The Hall–Kier alpha value is -3.37. The Labute approximate surface area is 257 Å². The fraction of sp³-hybridized carbons (Fsp3) is 0.222. The Morgan fingerprint density at radius 1 is 0.805 bits per heavy atom. The van der Waals surface area contributed by atoms with Gasteiger partial charge in [0.2, 0.25) is 0 Å². The third-order valence-electron chi connectivity index (χ3n) is 7.78. The van der Waals surface area contributed by atoms with Crippen molar-refractivity contribution in [2.45, 2.75) is 51.2 Å². The van der Waals surface area contributed by atoms with Crippen molar-refractivity contribution in [3.8, 4) is 22.5 Å². The molecule has 0 spiro atoms. The summed E-state index contributed by atoms with van der Waals surface area (Å²) in [6.07, 6.45) is 9.01. The molecule has 41 heavy (non-hydrogen) atoms. The van der Waals surface area contributed by atoms with Crippen molar-refractivity contribution in [1.82, 2.24) is 9.97 Å². The summed E-state index contributed by atoms with van der Waals surface area (Å²) in [6, 6.07) is 35.4. The average molecular weight is 731 g/mol. The number of aromatic nitrogens is 2. The summed E-state index contributed by atoms with van der Waals surface area (Å²) in [5, 5.41) is 3.87. The van der Waals surface area contributed by atoms with Crippen molar-refractivity contribution in [2.24, 2.45) is 0 Å². The molecule has 209 valence electrons. The van der Waals surface area contributed by atoms with E-state index < -0.39 is 8.07 Å². The van der Waals surface area contributed by atoms with Gasteiger partial charge in [0.25, 0.3) is 0 Å². The van der Waals surface area contributed by atoms with Gasteiger partial charge in [-0.1, -0.05) is 85.4 Å². The molecule has 0 aliphatic heterocycles. The van der Waals surface area contributed by atoms with E-state index in [2.05, 4.69) is 73.2 Å². The number of hydrogen-bond acceptors (Lipinski definition) is 3. The summed E-state index contributed by atoms with van der Waals surface area (Å²) in [5.41, 5.74) is 7.29. The molecule has 0 saturated heterocycles. The van der Waals surface area contributed by atoms with Crippen LogP contribution in [0.3, 0.4) is 0 Å². The van der Waals surface area contributed by atoms with Crippen LogP contribution < -0.4 is 5.19 Å². The topological polar surface area (TPSA) is 38.9 Å². The van der Waals surface area contributed by atoms with Gasteiger partial charge < -0.3 is 14.4 Å². The summed E-state index contributed by atoms with van der Waals surface area (Å²) in [4.78, 5) is 8.93. The molecule has 7 rings (SSSR count). The zero-order valence-corrected chi connectivity index (χ0v) is 27.2. The first-order valence-electron chi connectivity index (χ1n) is 14.2. The predicted octanol–water partition coefficient (Wildman–Crippen LogP) is 9.20. The molecule has 3 heterocycles. The van der Waals surface area contributed by atoms with Gasteiger partial charge in [-0.05, 0) is 48.3 Å². The maximum Gasteiger partial charge on any atom is 0.120 e. The van der Waals surface area contributed by atoms with Gasteiger partial charge in [-0.15, -0.1) is 53.2 Å². The van der Waals surface area contributed by atoms with E-state index in [1.54, 1.807) is 6.20 Å². The molecule has 3 aromatic heterocycles. The van der Waals surface area contributed by atoms with Crippen LogP contribution in [0.25, 0.3) is 44.5 Å². The van der Waals surface area contributed by atoms with Gasteiger partial charge >= 0.3 is 0 Å². The smallest absolute Gasteiger partial charge is 0.120 e. The fourth-order valence-electron chi connectivity index (χ4n) is 5.72. The SMILES string of the molecule is C[Si](C)(C)c1c[c-]c(-c2cc(C3CCCC3)ccn2)c2oc3ccccc3c12.[Ir].[c-]1ccccc1-c1ccccn1. The average Bonchev–Trinajstić information content (AvgIpc) is 3.67. The third kappa shape index (κ3) is 6.28. The van der Waals surface area contributed by atoms with Crippen LogP contribution in [-0.4, -0.2) is 18.0 Å². The zero-order chi connectivity index (χ0) is 27.5. The quantitative estimate of drug-likeness (QED) is 0.134. The van der Waals surface area contributed by atoms with Crippen molar-refractivity contribution in [1.29, 1.82) is 0 Å². The molecule has 0 N–H and O–H groups in total. The van der Waals surface area contributed by atoms with Crippen LogP contribution >= 0.6 is 0 Å². The van der Waals surface area contributed by atoms with Crippen LogP contribution in [0.4, 0.5) is 0 Å². The molecular formula is C36H34IrN2OSi-2. The Morgan fingerprint density at radius 2 is 1.56 bits per heavy atom. The van der Waals surface area contributed by atoms with E-state index >= 15 is 0 Å². The van der Waals surface area contributed by atoms with E-state index in [1.807, 2.05) is 54.7 Å². The van der Waals surface area contributed by atoms with Crippen LogP contribution in [0.15, 0.2) is 102 Å². The number of para-hydroxylation sites is 1. The number of rotatable bonds is 4. The van der Waals surface area contributed by atoms with Crippen molar-refractivity contribution >= 4 is 35.2 Å². The molecule has 3 nitrogen and oxygen atoms in total. The molecule has 1 aliphatic rings. The summed E-state index contributed by atoms with van der Waals surface area (Å²) in [7, 11) is -1.55. The summed E-state index contributed by atoms with van der Waals surface area (Å²) >= 11 is 0. The van der Waals surface area contributed by atoms with Gasteiger partial charge in [0.05, 0.1) is 5.58 Å². The Morgan fingerprint density at radius 3 is 2.29 bits per heavy atom. The first-order chi connectivity index (χ1) is 19.5. The largest absolute Gasteiger partial charge is 0.501 e. The second-order valence-electron chi connectivity index (χ2n) is 11.6. The molecule has 0 atom stereocenters. The normalized spacial score (nSPS) is 13.5. The molecule has 1 radical (unpaired) electrons. The summed E-state index contributed by atoms with van der Waals surface area (Å²) < 4.78 is 6.39. The number of furan rings is 1. The van der Waals surface area contributed by atoms with Crippen molar-refractivity contribution in [2.75, 3.05) is 0 Å². The number of nitrogens with zero attached hydrogens (tertiary/aromatic N) is 2. The molecule has 5 heteroatoms. The minimum absolute atomic E-state index is 0. The second-order valence-corrected chi connectivity index (χ2v) is 16.6. The molecule has 1 saturated carbocycles. The number of pyridine rings is 2. The fourth-order valence-corrected chi connectivity index (χ4v) is 7.23. The van der Waals surface area contributed by atoms with Gasteiger partial charge in [0, 0.05) is 46.0 Å². The van der Waals surface area contributed by atoms with Gasteiger partial charge in [0.15, 0.2) is 0 Å². The molecule has 3 aromatic carbocycles. The minimum atomic E-state index is -1.55. The predicted molar refractivity (Wildman–Crippen MR) is 168 cm³/mol. The van der Waals surface area contributed by atoms with Gasteiger partial charge in [0.1, 0.15) is 5.58 Å². The van der Waals surface area contributed by atoms with Crippen molar-refractivity contribution < 1.29 is 24.5 Å². The van der Waals surface area contributed by atoms with E-state index in [-0.39, 0.29) is 20.1 Å². The number of benzene rings is 3. The van der Waals surface area contributed by atoms with E-state index in [0.717, 1.165) is 33.7 Å². The zero-order valence-electron chi connectivity index (χ0n) is 23.8. The van der Waals surface area contributed by atoms with E-state index in [9.17, 15) is 0 Å². The first kappa shape index (κ1) is 29.1. The molecule has 0 bridgehead atoms. The number of hydrogen-bond donors (Lipinski definition) is 0. The third-order valence-corrected chi connectivity index (χ3v) is 9.79. The van der Waals surface area contributed by atoms with E-state index in [1.165, 1.54) is 47.2 Å². The summed E-state index contributed by atoms with van der Waals surface area (Å²) in [6.45, 7) is 7.15. The van der Waals surface area contributed by atoms with Crippen LogP contribution in [0.5, 0.6) is 0 Å². The van der Waals surface area contributed by atoms with Crippen molar-refractivity contribution in [3.63, 3.8) is 0 Å². The Bertz CT molecular complexity index is 1700. The molecular weight excluding hydrogens is 697 g/mol. The minimum Gasteiger partial charge on any atom is -0.501 e. The van der Waals surface area contributed by atoms with Crippen LogP contribution in [0.1, 0.15) is 37.2 Å². The van der Waals surface area contributed by atoms with Crippen LogP contribution in [0.2, 0.25) is 19.6 Å². The molecule has 1 fully saturated rings. The molecule has 1 aliphatic carbocycles. The molecule has 0 amide bonds. The van der Waals surface area contributed by atoms with E-state index in [4.69, 9.17) is 9.40 Å².